The SMILES string of the molecule is CCOc1ccc(/C=N/NC(=O)c2ccccc2OCc2ccccc2)cc1OC. The van der Waals surface area contributed by atoms with Gasteiger partial charge in [-0.2, -0.15) is 5.10 Å². The maximum absolute atomic E-state index is 12.6. The highest BCUT2D eigenvalue weighted by molar-refractivity contribution is 5.97. The van der Waals surface area contributed by atoms with E-state index in [1.807, 2.05) is 49.4 Å². The van der Waals surface area contributed by atoms with Crippen molar-refractivity contribution in [2.75, 3.05) is 13.7 Å². The average Bonchev–Trinajstić information content (AvgIpc) is 2.79. The van der Waals surface area contributed by atoms with E-state index in [0.29, 0.717) is 36.0 Å². The van der Waals surface area contributed by atoms with Crippen molar-refractivity contribution in [3.63, 3.8) is 0 Å². The van der Waals surface area contributed by atoms with Crippen LogP contribution in [0, 0.1) is 0 Å². The Morgan fingerprint density at radius 3 is 2.47 bits per heavy atom. The van der Waals surface area contributed by atoms with Gasteiger partial charge in [-0.3, -0.25) is 4.79 Å². The second-order valence-electron chi connectivity index (χ2n) is 6.31. The Morgan fingerprint density at radius 2 is 1.70 bits per heavy atom. The lowest BCUT2D eigenvalue weighted by Crippen LogP contribution is -2.18. The number of hydrogen-bond acceptors (Lipinski definition) is 5. The molecule has 0 saturated heterocycles. The van der Waals surface area contributed by atoms with Crippen LogP contribution < -0.4 is 19.6 Å². The molecule has 1 amide bonds. The Morgan fingerprint density at radius 1 is 0.933 bits per heavy atom. The lowest BCUT2D eigenvalue weighted by atomic mass is 10.2. The monoisotopic (exact) mass is 404 g/mol. The topological polar surface area (TPSA) is 69.2 Å². The van der Waals surface area contributed by atoms with Crippen molar-refractivity contribution >= 4 is 12.1 Å². The minimum atomic E-state index is -0.354. The number of methoxy groups -OCH3 is 1. The summed E-state index contributed by atoms with van der Waals surface area (Å²) in [6.45, 7) is 2.83. The number of para-hydroxylation sites is 1. The largest absolute Gasteiger partial charge is 0.493 e. The van der Waals surface area contributed by atoms with Crippen LogP contribution >= 0.6 is 0 Å². The van der Waals surface area contributed by atoms with Gasteiger partial charge in [0.2, 0.25) is 0 Å². The van der Waals surface area contributed by atoms with Crippen LogP contribution in [0.5, 0.6) is 17.2 Å². The first-order valence-corrected chi connectivity index (χ1v) is 9.61. The third kappa shape index (κ3) is 5.61. The molecule has 0 bridgehead atoms. The van der Waals surface area contributed by atoms with E-state index in [2.05, 4.69) is 10.5 Å². The van der Waals surface area contributed by atoms with Crippen LogP contribution in [0.15, 0.2) is 77.9 Å². The number of hydrazone groups is 1. The molecular formula is C24H24N2O4. The van der Waals surface area contributed by atoms with Crippen molar-refractivity contribution in [3.05, 3.63) is 89.5 Å². The number of hydrogen-bond donors (Lipinski definition) is 1. The summed E-state index contributed by atoms with van der Waals surface area (Å²) in [5.41, 5.74) is 4.74. The molecule has 0 radical (unpaired) electrons. The van der Waals surface area contributed by atoms with Crippen LogP contribution in [0.3, 0.4) is 0 Å². The van der Waals surface area contributed by atoms with Crippen LogP contribution in [-0.4, -0.2) is 25.8 Å². The molecule has 3 rings (SSSR count). The molecule has 1 N–H and O–H groups in total. The molecule has 0 saturated carbocycles. The Bertz CT molecular complexity index is 1000. The molecule has 0 heterocycles. The number of nitrogens with zero attached hydrogens (tertiary/aromatic N) is 1. The fourth-order valence-electron chi connectivity index (χ4n) is 2.78. The molecule has 0 aliphatic heterocycles. The van der Waals surface area contributed by atoms with Crippen LogP contribution in [0.4, 0.5) is 0 Å². The standard InChI is InChI=1S/C24H24N2O4/c1-3-29-22-14-13-19(15-23(22)28-2)16-25-26-24(27)20-11-7-8-12-21(20)30-17-18-9-5-4-6-10-18/h4-16H,3,17H2,1-2H3,(H,26,27)/b25-16+. The van der Waals surface area contributed by atoms with Gasteiger partial charge in [0.25, 0.3) is 5.91 Å². The van der Waals surface area contributed by atoms with E-state index in [0.717, 1.165) is 11.1 Å². The predicted octanol–water partition coefficient (Wildman–Crippen LogP) is 4.44. The molecule has 154 valence electrons. The molecule has 3 aromatic rings. The Kier molecular flexibility index (Phi) is 7.44. The van der Waals surface area contributed by atoms with E-state index in [1.54, 1.807) is 43.7 Å². The molecule has 0 atom stereocenters. The summed E-state index contributed by atoms with van der Waals surface area (Å²) < 4.78 is 16.7. The quantitative estimate of drug-likeness (QED) is 0.423. The lowest BCUT2D eigenvalue weighted by Gasteiger charge is -2.10. The highest BCUT2D eigenvalue weighted by Crippen LogP contribution is 2.27. The van der Waals surface area contributed by atoms with E-state index < -0.39 is 0 Å². The van der Waals surface area contributed by atoms with Crippen LogP contribution in [0.2, 0.25) is 0 Å². The zero-order valence-corrected chi connectivity index (χ0v) is 17.0. The third-order valence-electron chi connectivity index (χ3n) is 4.24. The van der Waals surface area contributed by atoms with Gasteiger partial charge in [-0.15, -0.1) is 0 Å². The minimum absolute atomic E-state index is 0.354. The molecule has 0 unspecified atom stereocenters. The molecule has 3 aromatic carbocycles. The van der Waals surface area contributed by atoms with Crippen molar-refractivity contribution in [2.45, 2.75) is 13.5 Å². The smallest absolute Gasteiger partial charge is 0.275 e. The van der Waals surface area contributed by atoms with E-state index >= 15 is 0 Å². The number of carbonyl (C=O) groups is 1. The lowest BCUT2D eigenvalue weighted by molar-refractivity contribution is 0.0950. The van der Waals surface area contributed by atoms with Gasteiger partial charge in [0.1, 0.15) is 12.4 Å². The molecule has 0 fully saturated rings. The normalized spacial score (nSPS) is 10.6. The van der Waals surface area contributed by atoms with Gasteiger partial charge in [0, 0.05) is 0 Å². The fraction of sp³-hybridized carbons (Fsp3) is 0.167. The van der Waals surface area contributed by atoms with Gasteiger partial charge in [-0.05, 0) is 48.4 Å². The van der Waals surface area contributed by atoms with Crippen molar-refractivity contribution in [3.8, 4) is 17.2 Å². The average molecular weight is 404 g/mol. The van der Waals surface area contributed by atoms with E-state index in [9.17, 15) is 4.79 Å². The summed E-state index contributed by atoms with van der Waals surface area (Å²) in [6, 6.07) is 22.3. The van der Waals surface area contributed by atoms with Gasteiger partial charge in [-0.1, -0.05) is 42.5 Å². The highest BCUT2D eigenvalue weighted by Gasteiger charge is 2.11. The second-order valence-corrected chi connectivity index (χ2v) is 6.31. The molecule has 6 heteroatoms. The van der Waals surface area contributed by atoms with Crippen molar-refractivity contribution in [1.82, 2.24) is 5.43 Å². The van der Waals surface area contributed by atoms with Crippen molar-refractivity contribution in [1.29, 1.82) is 0 Å². The highest BCUT2D eigenvalue weighted by atomic mass is 16.5. The van der Waals surface area contributed by atoms with Gasteiger partial charge >= 0.3 is 0 Å². The predicted molar refractivity (Wildman–Crippen MR) is 116 cm³/mol. The summed E-state index contributed by atoms with van der Waals surface area (Å²) in [4.78, 5) is 12.6. The van der Waals surface area contributed by atoms with Gasteiger partial charge in [0.05, 0.1) is 25.5 Å². The van der Waals surface area contributed by atoms with Crippen LogP contribution in [0.1, 0.15) is 28.4 Å². The summed E-state index contributed by atoms with van der Waals surface area (Å²) in [5.74, 6) is 1.40. The minimum Gasteiger partial charge on any atom is -0.493 e. The number of benzene rings is 3. The molecule has 0 aliphatic rings. The van der Waals surface area contributed by atoms with E-state index in [4.69, 9.17) is 14.2 Å². The van der Waals surface area contributed by atoms with Gasteiger partial charge in [-0.25, -0.2) is 5.43 Å². The molecule has 0 aromatic heterocycles. The summed E-state index contributed by atoms with van der Waals surface area (Å²) in [7, 11) is 1.58. The number of rotatable bonds is 9. The Hall–Kier alpha value is -3.80. The summed E-state index contributed by atoms with van der Waals surface area (Å²) in [5, 5.41) is 4.05. The van der Waals surface area contributed by atoms with Crippen LogP contribution in [0.25, 0.3) is 0 Å². The van der Waals surface area contributed by atoms with Gasteiger partial charge < -0.3 is 14.2 Å². The molecule has 6 nitrogen and oxygen atoms in total. The number of carbonyl (C=O) groups excluding carboxylic acids is 1. The number of ether oxygens (including phenoxy) is 3. The zero-order chi connectivity index (χ0) is 21.2. The second kappa shape index (κ2) is 10.7. The van der Waals surface area contributed by atoms with E-state index in [-0.39, 0.29) is 5.91 Å². The molecule has 30 heavy (non-hydrogen) atoms. The number of amides is 1. The molecular weight excluding hydrogens is 380 g/mol. The zero-order valence-electron chi connectivity index (χ0n) is 17.0. The number of nitrogens with one attached hydrogen (secondary N) is 1. The fourth-order valence-corrected chi connectivity index (χ4v) is 2.78. The molecule has 0 spiro atoms. The van der Waals surface area contributed by atoms with Crippen molar-refractivity contribution in [2.24, 2.45) is 5.10 Å². The Balaban J connectivity index is 1.65. The third-order valence-corrected chi connectivity index (χ3v) is 4.24. The first-order chi connectivity index (χ1) is 14.7. The Labute approximate surface area is 176 Å². The first-order valence-electron chi connectivity index (χ1n) is 9.61. The van der Waals surface area contributed by atoms with E-state index in [1.165, 1.54) is 0 Å². The first kappa shape index (κ1) is 20.9. The van der Waals surface area contributed by atoms with Crippen molar-refractivity contribution < 1.29 is 19.0 Å². The summed E-state index contributed by atoms with van der Waals surface area (Å²) >= 11 is 0. The van der Waals surface area contributed by atoms with Gasteiger partial charge in [0.15, 0.2) is 11.5 Å². The molecule has 0 aliphatic carbocycles. The maximum Gasteiger partial charge on any atom is 0.275 e. The summed E-state index contributed by atoms with van der Waals surface area (Å²) in [6.07, 6.45) is 1.55. The van der Waals surface area contributed by atoms with Crippen LogP contribution in [-0.2, 0) is 6.61 Å². The maximum atomic E-state index is 12.6.